The number of hydrogen-bond acceptors (Lipinski definition) is 4. The number of carbonyl (C=O) groups excluding carboxylic acids is 1. The summed E-state index contributed by atoms with van der Waals surface area (Å²) in [6.07, 6.45) is 0. The summed E-state index contributed by atoms with van der Waals surface area (Å²) >= 11 is 0. The Labute approximate surface area is 153 Å². The Morgan fingerprint density at radius 2 is 1.70 bits per heavy atom. The van der Waals surface area contributed by atoms with Gasteiger partial charge in [0.15, 0.2) is 5.69 Å². The molecule has 4 rings (SSSR count). The first kappa shape index (κ1) is 16.7. The highest BCUT2D eigenvalue weighted by molar-refractivity contribution is 6.04. The van der Waals surface area contributed by atoms with E-state index in [1.165, 1.54) is 17.8 Å². The monoisotopic (exact) mass is 360 g/mol. The Morgan fingerprint density at radius 3 is 2.44 bits per heavy atom. The number of rotatable bonds is 3. The van der Waals surface area contributed by atoms with Gasteiger partial charge in [0.05, 0.1) is 11.9 Å². The highest BCUT2D eigenvalue weighted by atomic mass is 16.2. The number of nitrogens with one attached hydrogen (secondary N) is 2. The van der Waals surface area contributed by atoms with Crippen LogP contribution in [0.25, 0.3) is 21.7 Å². The number of nitrogens with zero attached hydrogens (tertiary/aromatic N) is 2. The van der Waals surface area contributed by atoms with Crippen molar-refractivity contribution >= 4 is 27.6 Å². The molecule has 0 aliphatic carbocycles. The van der Waals surface area contributed by atoms with Crippen molar-refractivity contribution in [3.63, 3.8) is 0 Å². The molecule has 1 amide bonds. The molecule has 2 N–H and O–H groups in total. The molecule has 0 saturated carbocycles. The van der Waals surface area contributed by atoms with Gasteiger partial charge < -0.3 is 10.3 Å². The molecule has 0 aliphatic rings. The molecule has 0 unspecified atom stereocenters. The number of benzene rings is 2. The van der Waals surface area contributed by atoms with E-state index in [1.54, 1.807) is 30.3 Å². The number of aromatic nitrogens is 3. The summed E-state index contributed by atoms with van der Waals surface area (Å²) in [5.74, 6) is -0.379. The molecule has 0 atom stereocenters. The number of hydrogen-bond donors (Lipinski definition) is 2. The van der Waals surface area contributed by atoms with E-state index in [2.05, 4.69) is 15.4 Å². The topological polar surface area (TPSA) is 96.8 Å². The lowest BCUT2D eigenvalue weighted by atomic mass is 10.1. The van der Waals surface area contributed by atoms with Crippen LogP contribution in [-0.2, 0) is 6.54 Å². The molecule has 2 aromatic carbocycles. The summed E-state index contributed by atoms with van der Waals surface area (Å²) in [5.41, 5.74) is 0.927. The van der Waals surface area contributed by atoms with E-state index >= 15 is 0 Å². The molecule has 134 valence electrons. The molecule has 0 saturated heterocycles. The number of H-pyrrole nitrogens is 1. The summed E-state index contributed by atoms with van der Waals surface area (Å²) < 4.78 is 1.23. The van der Waals surface area contributed by atoms with Crippen LogP contribution in [0.3, 0.4) is 0 Å². The Morgan fingerprint density at radius 1 is 1.04 bits per heavy atom. The van der Waals surface area contributed by atoms with Crippen LogP contribution in [0.1, 0.15) is 16.1 Å². The second-order valence-corrected chi connectivity index (χ2v) is 6.14. The van der Waals surface area contributed by atoms with E-state index < -0.39 is 0 Å². The highest BCUT2D eigenvalue weighted by Crippen LogP contribution is 2.17. The van der Waals surface area contributed by atoms with Gasteiger partial charge in [0.1, 0.15) is 0 Å². The van der Waals surface area contributed by atoms with Crippen molar-refractivity contribution in [2.75, 3.05) is 7.05 Å². The van der Waals surface area contributed by atoms with Crippen LogP contribution < -0.4 is 16.4 Å². The van der Waals surface area contributed by atoms with Crippen molar-refractivity contribution in [3.8, 4) is 0 Å². The lowest BCUT2D eigenvalue weighted by Gasteiger charge is -2.11. The van der Waals surface area contributed by atoms with Crippen molar-refractivity contribution < 1.29 is 4.79 Å². The van der Waals surface area contributed by atoms with Gasteiger partial charge in [-0.15, -0.1) is 0 Å². The molecule has 0 bridgehead atoms. The van der Waals surface area contributed by atoms with Crippen LogP contribution >= 0.6 is 0 Å². The van der Waals surface area contributed by atoms with Crippen molar-refractivity contribution in [2.45, 2.75) is 6.54 Å². The zero-order valence-electron chi connectivity index (χ0n) is 14.5. The fourth-order valence-electron chi connectivity index (χ4n) is 3.20. The Kier molecular flexibility index (Phi) is 4.04. The molecule has 7 nitrogen and oxygen atoms in total. The van der Waals surface area contributed by atoms with Gasteiger partial charge in [-0.05, 0) is 17.7 Å². The third-order valence-electron chi connectivity index (χ3n) is 4.47. The maximum absolute atomic E-state index is 12.9. The van der Waals surface area contributed by atoms with Gasteiger partial charge in [0.2, 0.25) is 5.56 Å². The number of fused-ring (bicyclic) bond motifs is 2. The van der Waals surface area contributed by atoms with Crippen LogP contribution in [0.5, 0.6) is 0 Å². The lowest BCUT2D eigenvalue weighted by Crippen LogP contribution is -2.29. The summed E-state index contributed by atoms with van der Waals surface area (Å²) in [5, 5.41) is 8.55. The second kappa shape index (κ2) is 6.53. The van der Waals surface area contributed by atoms with Crippen LogP contribution in [0.4, 0.5) is 0 Å². The minimum absolute atomic E-state index is 0.0814. The Balaban J connectivity index is 1.96. The average Bonchev–Trinajstić information content (AvgIpc) is 2.69. The number of amides is 1. The first-order valence-corrected chi connectivity index (χ1v) is 8.41. The zero-order valence-corrected chi connectivity index (χ0v) is 14.5. The molecular weight excluding hydrogens is 344 g/mol. The van der Waals surface area contributed by atoms with Crippen molar-refractivity contribution in [2.24, 2.45) is 0 Å². The summed E-state index contributed by atoms with van der Waals surface area (Å²) in [7, 11) is 1.51. The quantitative estimate of drug-likeness (QED) is 0.580. The van der Waals surface area contributed by atoms with Gasteiger partial charge >= 0.3 is 0 Å². The summed E-state index contributed by atoms with van der Waals surface area (Å²) in [6, 6.07) is 15.7. The van der Waals surface area contributed by atoms with Crippen LogP contribution in [0.2, 0.25) is 0 Å². The maximum atomic E-state index is 12.9. The molecule has 7 heteroatoms. The highest BCUT2D eigenvalue weighted by Gasteiger charge is 2.16. The van der Waals surface area contributed by atoms with Crippen LogP contribution in [-0.4, -0.2) is 27.7 Å². The first-order valence-electron chi connectivity index (χ1n) is 8.41. The number of carbonyl (C=O) groups is 1. The second-order valence-electron chi connectivity index (χ2n) is 6.14. The van der Waals surface area contributed by atoms with Crippen molar-refractivity contribution in [3.05, 3.63) is 86.6 Å². The molecule has 2 aromatic heterocycles. The van der Waals surface area contributed by atoms with E-state index in [0.717, 1.165) is 5.39 Å². The SMILES string of the molecule is CNC(=O)c1nn(Cc2cc(=O)[nH]c3ccccc23)c(=O)c2ccccc12. The average molecular weight is 360 g/mol. The van der Waals surface area contributed by atoms with Gasteiger partial charge in [-0.1, -0.05) is 36.4 Å². The van der Waals surface area contributed by atoms with Gasteiger partial charge in [-0.3, -0.25) is 14.4 Å². The van der Waals surface area contributed by atoms with Gasteiger partial charge in [0, 0.05) is 29.4 Å². The molecule has 0 radical (unpaired) electrons. The Hall–Kier alpha value is -3.74. The molecule has 2 heterocycles. The fourth-order valence-corrected chi connectivity index (χ4v) is 3.20. The van der Waals surface area contributed by atoms with Crippen molar-refractivity contribution in [1.29, 1.82) is 0 Å². The summed E-state index contributed by atoms with van der Waals surface area (Å²) in [6.45, 7) is 0.0814. The predicted octanol–water partition coefficient (Wildman–Crippen LogP) is 1.65. The van der Waals surface area contributed by atoms with Gasteiger partial charge in [-0.25, -0.2) is 4.68 Å². The standard InChI is InChI=1S/C20H16N4O3/c1-21-19(26)18-14-7-2-3-8-15(14)20(27)24(23-18)11-12-10-17(25)22-16-9-5-4-6-13(12)16/h2-10H,11H2,1H3,(H,21,26)(H,22,25). The molecule has 0 spiro atoms. The van der Waals surface area contributed by atoms with E-state index in [9.17, 15) is 14.4 Å². The number of para-hydroxylation sites is 1. The smallest absolute Gasteiger partial charge is 0.274 e. The van der Waals surface area contributed by atoms with Gasteiger partial charge in [-0.2, -0.15) is 5.10 Å². The molecule has 0 aliphatic heterocycles. The largest absolute Gasteiger partial charge is 0.354 e. The van der Waals surface area contributed by atoms with E-state index in [4.69, 9.17) is 0 Å². The lowest BCUT2D eigenvalue weighted by molar-refractivity contribution is 0.0957. The van der Waals surface area contributed by atoms with Crippen molar-refractivity contribution in [1.82, 2.24) is 20.1 Å². The van der Waals surface area contributed by atoms with Gasteiger partial charge in [0.25, 0.3) is 11.5 Å². The number of aromatic amines is 1. The maximum Gasteiger partial charge on any atom is 0.274 e. The third kappa shape index (κ3) is 2.89. The molecule has 4 aromatic rings. The minimum atomic E-state index is -0.379. The van der Waals surface area contributed by atoms with E-state index in [-0.39, 0.29) is 29.3 Å². The first-order chi connectivity index (χ1) is 13.1. The Bertz CT molecular complexity index is 1300. The molecular formula is C20H16N4O3. The van der Waals surface area contributed by atoms with E-state index in [1.807, 2.05) is 18.2 Å². The summed E-state index contributed by atoms with van der Waals surface area (Å²) in [4.78, 5) is 39.9. The zero-order chi connectivity index (χ0) is 19.0. The molecule has 0 fully saturated rings. The minimum Gasteiger partial charge on any atom is -0.354 e. The predicted molar refractivity (Wildman–Crippen MR) is 103 cm³/mol. The fraction of sp³-hybridized carbons (Fsp3) is 0.100. The molecule has 27 heavy (non-hydrogen) atoms. The normalized spacial score (nSPS) is 11.0. The van der Waals surface area contributed by atoms with Crippen LogP contribution in [0, 0.1) is 0 Å². The third-order valence-corrected chi connectivity index (χ3v) is 4.47. The number of pyridine rings is 1. The van der Waals surface area contributed by atoms with E-state index in [0.29, 0.717) is 21.9 Å². The van der Waals surface area contributed by atoms with Crippen LogP contribution in [0.15, 0.2) is 64.2 Å².